The third-order valence-electron chi connectivity index (χ3n) is 3.13. The highest BCUT2D eigenvalue weighted by Crippen LogP contribution is 2.17. The van der Waals surface area contributed by atoms with E-state index in [4.69, 9.17) is 0 Å². The molecule has 112 valence electrons. The van der Waals surface area contributed by atoms with E-state index >= 15 is 0 Å². The van der Waals surface area contributed by atoms with E-state index in [1.807, 2.05) is 18.4 Å². The van der Waals surface area contributed by atoms with Crippen molar-refractivity contribution in [2.75, 3.05) is 6.26 Å². The van der Waals surface area contributed by atoms with Crippen molar-refractivity contribution in [1.29, 1.82) is 0 Å². The van der Waals surface area contributed by atoms with Crippen molar-refractivity contribution in [2.24, 2.45) is 5.92 Å². The van der Waals surface area contributed by atoms with Crippen molar-refractivity contribution >= 4 is 17.7 Å². The molecule has 1 heterocycles. The standard InChI is InChI=1S/C15H19N3O2S/c1-10(2)8-13-14(15(19)20)16-17-18(13)9-11-4-6-12(21-3)7-5-11/h4-7,10H,8-9H2,1-3H3,(H,19,20). The molecule has 5 nitrogen and oxygen atoms in total. The van der Waals surface area contributed by atoms with E-state index in [1.54, 1.807) is 16.4 Å². The Balaban J connectivity index is 2.27. The Morgan fingerprint density at radius 2 is 2.00 bits per heavy atom. The second-order valence-electron chi connectivity index (χ2n) is 5.29. The molecule has 2 aromatic rings. The van der Waals surface area contributed by atoms with Gasteiger partial charge in [0, 0.05) is 4.90 Å². The summed E-state index contributed by atoms with van der Waals surface area (Å²) in [6.45, 7) is 4.64. The first-order chi connectivity index (χ1) is 10.0. The summed E-state index contributed by atoms with van der Waals surface area (Å²) in [7, 11) is 0. The third-order valence-corrected chi connectivity index (χ3v) is 3.88. The van der Waals surface area contributed by atoms with Gasteiger partial charge in [-0.1, -0.05) is 31.2 Å². The number of nitrogens with zero attached hydrogens (tertiary/aromatic N) is 3. The van der Waals surface area contributed by atoms with Crippen LogP contribution in [0, 0.1) is 5.92 Å². The summed E-state index contributed by atoms with van der Waals surface area (Å²) in [4.78, 5) is 12.4. The zero-order valence-electron chi connectivity index (χ0n) is 12.4. The number of carboxylic acids is 1. The molecule has 0 spiro atoms. The normalized spacial score (nSPS) is 11.0. The van der Waals surface area contributed by atoms with Gasteiger partial charge in [-0.15, -0.1) is 16.9 Å². The molecule has 1 aromatic heterocycles. The number of thioether (sulfide) groups is 1. The summed E-state index contributed by atoms with van der Waals surface area (Å²) in [5.74, 6) is -0.672. The lowest BCUT2D eigenvalue weighted by Crippen LogP contribution is -2.11. The molecule has 21 heavy (non-hydrogen) atoms. The summed E-state index contributed by atoms with van der Waals surface area (Å²) in [5, 5.41) is 17.0. The molecule has 0 atom stereocenters. The number of carboxylic acid groups (broad SMARTS) is 1. The highest BCUT2D eigenvalue weighted by atomic mass is 32.2. The Kier molecular flexibility index (Phi) is 5.01. The molecule has 0 aliphatic rings. The second-order valence-corrected chi connectivity index (χ2v) is 6.17. The number of hydrogen-bond acceptors (Lipinski definition) is 4. The Morgan fingerprint density at radius 3 is 2.52 bits per heavy atom. The zero-order valence-corrected chi connectivity index (χ0v) is 13.2. The van der Waals surface area contributed by atoms with Gasteiger partial charge < -0.3 is 5.11 Å². The van der Waals surface area contributed by atoms with Gasteiger partial charge >= 0.3 is 5.97 Å². The van der Waals surface area contributed by atoms with Crippen LogP contribution < -0.4 is 0 Å². The van der Waals surface area contributed by atoms with Gasteiger partial charge in [-0.25, -0.2) is 9.48 Å². The monoisotopic (exact) mass is 305 g/mol. The van der Waals surface area contributed by atoms with Crippen molar-refractivity contribution in [1.82, 2.24) is 15.0 Å². The van der Waals surface area contributed by atoms with Crippen LogP contribution in [0.3, 0.4) is 0 Å². The van der Waals surface area contributed by atoms with Crippen molar-refractivity contribution in [2.45, 2.75) is 31.7 Å². The summed E-state index contributed by atoms with van der Waals surface area (Å²) in [5.41, 5.74) is 1.83. The molecule has 0 unspecified atom stereocenters. The molecule has 1 N–H and O–H groups in total. The zero-order chi connectivity index (χ0) is 15.4. The average molecular weight is 305 g/mol. The van der Waals surface area contributed by atoms with Gasteiger partial charge in [0.15, 0.2) is 5.69 Å². The molecular weight excluding hydrogens is 286 g/mol. The van der Waals surface area contributed by atoms with Crippen LogP contribution in [0.2, 0.25) is 0 Å². The van der Waals surface area contributed by atoms with Crippen LogP contribution in [-0.2, 0) is 13.0 Å². The first kappa shape index (κ1) is 15.6. The van der Waals surface area contributed by atoms with Gasteiger partial charge in [0.25, 0.3) is 0 Å². The Bertz CT molecular complexity index is 620. The second kappa shape index (κ2) is 6.76. The van der Waals surface area contributed by atoms with Crippen molar-refractivity contribution in [3.05, 3.63) is 41.2 Å². The van der Waals surface area contributed by atoms with E-state index in [2.05, 4.69) is 36.3 Å². The molecule has 0 saturated carbocycles. The fourth-order valence-electron chi connectivity index (χ4n) is 2.12. The summed E-state index contributed by atoms with van der Waals surface area (Å²) < 4.78 is 1.69. The van der Waals surface area contributed by atoms with Gasteiger partial charge in [0.05, 0.1) is 12.2 Å². The highest BCUT2D eigenvalue weighted by molar-refractivity contribution is 7.98. The molecule has 0 saturated heterocycles. The van der Waals surface area contributed by atoms with Crippen molar-refractivity contribution in [3.8, 4) is 0 Å². The van der Waals surface area contributed by atoms with Crippen LogP contribution in [-0.4, -0.2) is 32.3 Å². The summed E-state index contributed by atoms with van der Waals surface area (Å²) in [6, 6.07) is 8.18. The Morgan fingerprint density at radius 1 is 1.33 bits per heavy atom. The molecule has 0 fully saturated rings. The molecule has 0 bridgehead atoms. The maximum Gasteiger partial charge on any atom is 0.358 e. The molecule has 6 heteroatoms. The maximum absolute atomic E-state index is 11.2. The minimum absolute atomic E-state index is 0.0597. The van der Waals surface area contributed by atoms with Crippen LogP contribution in [0.4, 0.5) is 0 Å². The predicted octanol–water partition coefficient (Wildman–Crippen LogP) is 2.95. The fraction of sp³-hybridized carbons (Fsp3) is 0.400. The highest BCUT2D eigenvalue weighted by Gasteiger charge is 2.19. The first-order valence-corrected chi connectivity index (χ1v) is 8.02. The quantitative estimate of drug-likeness (QED) is 0.831. The van der Waals surface area contributed by atoms with Gasteiger partial charge in [0.2, 0.25) is 0 Å². The van der Waals surface area contributed by atoms with E-state index in [0.29, 0.717) is 24.6 Å². The number of carbonyl (C=O) groups is 1. The van der Waals surface area contributed by atoms with E-state index in [0.717, 1.165) is 5.56 Å². The van der Waals surface area contributed by atoms with Gasteiger partial charge in [-0.2, -0.15) is 0 Å². The number of rotatable bonds is 6. The summed E-state index contributed by atoms with van der Waals surface area (Å²) in [6.07, 6.45) is 2.68. The molecule has 2 rings (SSSR count). The first-order valence-electron chi connectivity index (χ1n) is 6.79. The van der Waals surface area contributed by atoms with Gasteiger partial charge in [-0.05, 0) is 36.3 Å². The average Bonchev–Trinajstić information content (AvgIpc) is 2.82. The van der Waals surface area contributed by atoms with E-state index in [-0.39, 0.29) is 5.69 Å². The number of hydrogen-bond donors (Lipinski definition) is 1. The van der Waals surface area contributed by atoms with Gasteiger partial charge in [0.1, 0.15) is 0 Å². The minimum Gasteiger partial charge on any atom is -0.476 e. The Hall–Kier alpha value is -1.82. The lowest BCUT2D eigenvalue weighted by molar-refractivity contribution is 0.0689. The summed E-state index contributed by atoms with van der Waals surface area (Å²) >= 11 is 1.69. The number of aromatic carboxylic acids is 1. The smallest absolute Gasteiger partial charge is 0.358 e. The van der Waals surface area contributed by atoms with Crippen LogP contribution in [0.1, 0.15) is 35.6 Å². The van der Waals surface area contributed by atoms with E-state index in [9.17, 15) is 9.90 Å². The maximum atomic E-state index is 11.2. The SMILES string of the molecule is CSc1ccc(Cn2nnc(C(=O)O)c2CC(C)C)cc1. The number of benzene rings is 1. The lowest BCUT2D eigenvalue weighted by Gasteiger charge is -2.09. The predicted molar refractivity (Wildman–Crippen MR) is 82.8 cm³/mol. The fourth-order valence-corrected chi connectivity index (χ4v) is 2.53. The van der Waals surface area contributed by atoms with Crippen LogP contribution in [0.25, 0.3) is 0 Å². The van der Waals surface area contributed by atoms with Crippen LogP contribution in [0.5, 0.6) is 0 Å². The topological polar surface area (TPSA) is 68.0 Å². The Labute approximate surface area is 128 Å². The molecule has 0 aliphatic heterocycles. The lowest BCUT2D eigenvalue weighted by atomic mass is 10.1. The van der Waals surface area contributed by atoms with E-state index in [1.165, 1.54) is 4.90 Å². The molecule has 0 aliphatic carbocycles. The molecule has 1 aromatic carbocycles. The number of aromatic nitrogens is 3. The third kappa shape index (κ3) is 3.85. The molecular formula is C15H19N3O2S. The largest absolute Gasteiger partial charge is 0.476 e. The molecule has 0 amide bonds. The van der Waals surface area contributed by atoms with Crippen LogP contribution in [0.15, 0.2) is 29.2 Å². The molecule has 0 radical (unpaired) electrons. The van der Waals surface area contributed by atoms with Gasteiger partial charge in [-0.3, -0.25) is 0 Å². The van der Waals surface area contributed by atoms with Crippen molar-refractivity contribution in [3.63, 3.8) is 0 Å². The van der Waals surface area contributed by atoms with Crippen molar-refractivity contribution < 1.29 is 9.90 Å². The van der Waals surface area contributed by atoms with Crippen LogP contribution >= 0.6 is 11.8 Å². The van der Waals surface area contributed by atoms with E-state index < -0.39 is 5.97 Å². The minimum atomic E-state index is -1.02.